The first-order valence-corrected chi connectivity index (χ1v) is 6.00. The molecule has 1 aromatic rings. The first kappa shape index (κ1) is 9.99. The zero-order valence-electron chi connectivity index (χ0n) is 8.80. The van der Waals surface area contributed by atoms with E-state index in [9.17, 15) is 0 Å². The molecule has 0 aromatic carbocycles. The molecule has 0 radical (unpaired) electrons. The van der Waals surface area contributed by atoms with Crippen LogP contribution in [-0.4, -0.2) is 13.7 Å². The van der Waals surface area contributed by atoms with Crippen LogP contribution in [0.5, 0.6) is 5.75 Å². The summed E-state index contributed by atoms with van der Waals surface area (Å²) < 4.78 is 5.39. The summed E-state index contributed by atoms with van der Waals surface area (Å²) in [6.07, 6.45) is 3.89. The lowest BCUT2D eigenvalue weighted by Gasteiger charge is -2.23. The van der Waals surface area contributed by atoms with E-state index < -0.39 is 0 Å². The van der Waals surface area contributed by atoms with Gasteiger partial charge in [-0.3, -0.25) is 0 Å². The number of rotatable bonds is 2. The molecule has 14 heavy (non-hydrogen) atoms. The number of hydrogen-bond donors (Lipinski definition) is 1. The summed E-state index contributed by atoms with van der Waals surface area (Å²) in [5.74, 6) is 1.06. The smallest absolute Gasteiger partial charge is 0.134 e. The topological polar surface area (TPSA) is 21.3 Å². The maximum Gasteiger partial charge on any atom is 0.134 e. The number of nitrogens with one attached hydrogen (secondary N) is 1. The lowest BCUT2D eigenvalue weighted by molar-refractivity contribution is 0.379. The van der Waals surface area contributed by atoms with Gasteiger partial charge in [0.15, 0.2) is 0 Å². The number of ether oxygens (including phenoxy) is 1. The van der Waals surface area contributed by atoms with Crippen molar-refractivity contribution in [3.8, 4) is 5.75 Å². The molecule has 0 aliphatic carbocycles. The SMILES string of the molecule is COc1cc(C)sc1C1CCCCN1. The fourth-order valence-corrected chi connectivity index (χ4v) is 3.09. The largest absolute Gasteiger partial charge is 0.496 e. The summed E-state index contributed by atoms with van der Waals surface area (Å²) in [6.45, 7) is 3.28. The standard InChI is InChI=1S/C11H17NOS/c1-8-7-10(13-2)11(14-8)9-5-3-4-6-12-9/h7,9,12H,3-6H2,1-2H3. The normalized spacial score (nSPS) is 22.3. The molecule has 1 aliphatic rings. The van der Waals surface area contributed by atoms with Gasteiger partial charge in [0.05, 0.1) is 12.0 Å². The van der Waals surface area contributed by atoms with E-state index in [1.807, 2.05) is 11.3 Å². The molecule has 2 nitrogen and oxygen atoms in total. The first-order valence-electron chi connectivity index (χ1n) is 5.19. The molecule has 1 fully saturated rings. The van der Waals surface area contributed by atoms with Crippen molar-refractivity contribution in [2.75, 3.05) is 13.7 Å². The summed E-state index contributed by atoms with van der Waals surface area (Å²) in [7, 11) is 1.76. The second kappa shape index (κ2) is 4.32. The molecule has 1 unspecified atom stereocenters. The Kier molecular flexibility index (Phi) is 3.08. The maximum absolute atomic E-state index is 5.39. The van der Waals surface area contributed by atoms with Gasteiger partial charge in [0.1, 0.15) is 5.75 Å². The molecule has 2 rings (SSSR count). The Morgan fingerprint density at radius 3 is 3.00 bits per heavy atom. The van der Waals surface area contributed by atoms with Crippen LogP contribution in [0.3, 0.4) is 0 Å². The summed E-state index contributed by atoms with van der Waals surface area (Å²) in [6, 6.07) is 2.66. The van der Waals surface area contributed by atoms with Gasteiger partial charge < -0.3 is 10.1 Å². The van der Waals surface area contributed by atoms with Crippen molar-refractivity contribution in [3.05, 3.63) is 15.8 Å². The van der Waals surface area contributed by atoms with Crippen molar-refractivity contribution < 1.29 is 4.74 Å². The average molecular weight is 211 g/mol. The Morgan fingerprint density at radius 2 is 2.36 bits per heavy atom. The molecule has 1 aliphatic heterocycles. The van der Waals surface area contributed by atoms with Gasteiger partial charge in [-0.15, -0.1) is 11.3 Å². The van der Waals surface area contributed by atoms with E-state index in [0.29, 0.717) is 6.04 Å². The van der Waals surface area contributed by atoms with E-state index >= 15 is 0 Å². The second-order valence-corrected chi connectivity index (χ2v) is 5.08. The Labute approximate surface area is 89.3 Å². The monoisotopic (exact) mass is 211 g/mol. The highest BCUT2D eigenvalue weighted by atomic mass is 32.1. The van der Waals surface area contributed by atoms with Crippen LogP contribution in [-0.2, 0) is 0 Å². The van der Waals surface area contributed by atoms with Gasteiger partial charge in [0.25, 0.3) is 0 Å². The molecule has 78 valence electrons. The highest BCUT2D eigenvalue weighted by Gasteiger charge is 2.20. The lowest BCUT2D eigenvalue weighted by atomic mass is 10.0. The van der Waals surface area contributed by atoms with Crippen molar-refractivity contribution in [1.82, 2.24) is 5.32 Å². The van der Waals surface area contributed by atoms with E-state index in [2.05, 4.69) is 18.3 Å². The third-order valence-corrected chi connectivity index (χ3v) is 3.84. The van der Waals surface area contributed by atoms with Crippen molar-refractivity contribution in [1.29, 1.82) is 0 Å². The average Bonchev–Trinajstić information content (AvgIpc) is 2.61. The number of methoxy groups -OCH3 is 1. The van der Waals surface area contributed by atoms with E-state index in [4.69, 9.17) is 4.74 Å². The maximum atomic E-state index is 5.39. The zero-order valence-corrected chi connectivity index (χ0v) is 9.62. The van der Waals surface area contributed by atoms with Crippen LogP contribution in [0.1, 0.15) is 35.1 Å². The van der Waals surface area contributed by atoms with Crippen molar-refractivity contribution >= 4 is 11.3 Å². The van der Waals surface area contributed by atoms with Gasteiger partial charge >= 0.3 is 0 Å². The van der Waals surface area contributed by atoms with Crippen molar-refractivity contribution in [2.24, 2.45) is 0 Å². The molecule has 0 saturated carbocycles. The number of thiophene rings is 1. The van der Waals surface area contributed by atoms with Crippen molar-refractivity contribution in [3.63, 3.8) is 0 Å². The van der Waals surface area contributed by atoms with E-state index in [1.165, 1.54) is 29.0 Å². The third kappa shape index (κ3) is 1.93. The van der Waals surface area contributed by atoms with Crippen LogP contribution in [0.25, 0.3) is 0 Å². The minimum atomic E-state index is 0.525. The molecular weight excluding hydrogens is 194 g/mol. The highest BCUT2D eigenvalue weighted by Crippen LogP contribution is 2.37. The predicted molar refractivity (Wildman–Crippen MR) is 60.2 cm³/mol. The molecule has 2 heterocycles. The molecule has 1 N–H and O–H groups in total. The van der Waals surface area contributed by atoms with Gasteiger partial charge in [-0.2, -0.15) is 0 Å². The van der Waals surface area contributed by atoms with Gasteiger partial charge in [-0.1, -0.05) is 6.42 Å². The molecule has 0 amide bonds. The van der Waals surface area contributed by atoms with Crippen LogP contribution in [0, 0.1) is 6.92 Å². The summed E-state index contributed by atoms with van der Waals surface area (Å²) in [5.41, 5.74) is 0. The molecule has 3 heteroatoms. The Morgan fingerprint density at radius 1 is 1.50 bits per heavy atom. The van der Waals surface area contributed by atoms with E-state index in [-0.39, 0.29) is 0 Å². The molecule has 1 aromatic heterocycles. The quantitative estimate of drug-likeness (QED) is 0.812. The van der Waals surface area contributed by atoms with Crippen LogP contribution in [0.2, 0.25) is 0 Å². The summed E-state index contributed by atoms with van der Waals surface area (Å²) in [4.78, 5) is 2.72. The fourth-order valence-electron chi connectivity index (χ4n) is 1.99. The minimum absolute atomic E-state index is 0.525. The highest BCUT2D eigenvalue weighted by molar-refractivity contribution is 7.12. The molecular formula is C11H17NOS. The predicted octanol–water partition coefficient (Wildman–Crippen LogP) is 2.88. The third-order valence-electron chi connectivity index (χ3n) is 2.69. The zero-order chi connectivity index (χ0) is 9.97. The lowest BCUT2D eigenvalue weighted by Crippen LogP contribution is -2.26. The number of piperidine rings is 1. The van der Waals surface area contributed by atoms with E-state index in [1.54, 1.807) is 7.11 Å². The van der Waals surface area contributed by atoms with Crippen LogP contribution in [0.15, 0.2) is 6.07 Å². The van der Waals surface area contributed by atoms with Crippen LogP contribution < -0.4 is 10.1 Å². The number of aryl methyl sites for hydroxylation is 1. The van der Waals surface area contributed by atoms with Gasteiger partial charge in [0.2, 0.25) is 0 Å². The Hall–Kier alpha value is -0.540. The van der Waals surface area contributed by atoms with Gasteiger partial charge in [-0.05, 0) is 32.4 Å². The summed E-state index contributed by atoms with van der Waals surface area (Å²) in [5, 5.41) is 3.55. The Bertz CT molecular complexity index is 302. The number of hydrogen-bond acceptors (Lipinski definition) is 3. The molecule has 0 spiro atoms. The van der Waals surface area contributed by atoms with E-state index in [0.717, 1.165) is 12.3 Å². The first-order chi connectivity index (χ1) is 6.81. The molecule has 1 saturated heterocycles. The minimum Gasteiger partial charge on any atom is -0.496 e. The van der Waals surface area contributed by atoms with Crippen LogP contribution >= 0.6 is 11.3 Å². The fraction of sp³-hybridized carbons (Fsp3) is 0.636. The van der Waals surface area contributed by atoms with Crippen molar-refractivity contribution in [2.45, 2.75) is 32.2 Å². The molecule has 0 bridgehead atoms. The summed E-state index contributed by atoms with van der Waals surface area (Å²) >= 11 is 1.86. The van der Waals surface area contributed by atoms with Gasteiger partial charge in [-0.25, -0.2) is 0 Å². The Balaban J connectivity index is 2.20. The second-order valence-electron chi connectivity index (χ2n) is 3.79. The van der Waals surface area contributed by atoms with Crippen LogP contribution in [0.4, 0.5) is 0 Å². The van der Waals surface area contributed by atoms with Gasteiger partial charge in [0, 0.05) is 10.9 Å². The molecule has 1 atom stereocenters.